The Kier molecular flexibility index (Phi) is 2.74. The van der Waals surface area contributed by atoms with Crippen LogP contribution in [0.25, 0.3) is 10.9 Å². The molecule has 3 heterocycles. The van der Waals surface area contributed by atoms with Gasteiger partial charge in [0.15, 0.2) is 5.84 Å². The van der Waals surface area contributed by atoms with Gasteiger partial charge >= 0.3 is 0 Å². The van der Waals surface area contributed by atoms with E-state index in [2.05, 4.69) is 43.6 Å². The molecule has 2 aromatic heterocycles. The molecule has 0 unspecified atom stereocenters. The number of amidine groups is 1. The van der Waals surface area contributed by atoms with Crippen LogP contribution < -0.4 is 10.3 Å². The SMILES string of the molecule is c1cnc2ccc(N3CNN=C3c3ccncc3)cc2c1. The van der Waals surface area contributed by atoms with Gasteiger partial charge in [0.05, 0.1) is 5.52 Å². The minimum absolute atomic E-state index is 0.656. The van der Waals surface area contributed by atoms with Gasteiger partial charge in [-0.15, -0.1) is 0 Å². The van der Waals surface area contributed by atoms with Crippen LogP contribution in [0.2, 0.25) is 0 Å². The fourth-order valence-electron chi connectivity index (χ4n) is 2.48. The van der Waals surface area contributed by atoms with Gasteiger partial charge in [0.2, 0.25) is 0 Å². The second-order valence-corrected chi connectivity index (χ2v) is 4.80. The summed E-state index contributed by atoms with van der Waals surface area (Å²) in [6.45, 7) is 0.656. The molecule has 0 saturated carbocycles. The number of anilines is 1. The molecule has 102 valence electrons. The largest absolute Gasteiger partial charge is 0.305 e. The molecular weight excluding hydrogens is 262 g/mol. The van der Waals surface area contributed by atoms with Gasteiger partial charge in [0.1, 0.15) is 6.67 Å². The lowest BCUT2D eigenvalue weighted by atomic mass is 10.1. The number of benzene rings is 1. The first-order chi connectivity index (χ1) is 10.4. The molecule has 0 bridgehead atoms. The van der Waals surface area contributed by atoms with E-state index in [0.29, 0.717) is 6.67 Å². The molecular formula is C16H13N5. The lowest BCUT2D eigenvalue weighted by Crippen LogP contribution is -2.29. The first-order valence-electron chi connectivity index (χ1n) is 6.75. The molecule has 1 N–H and O–H groups in total. The van der Waals surface area contributed by atoms with Crippen LogP contribution in [0.3, 0.4) is 0 Å². The second kappa shape index (κ2) is 4.86. The molecule has 5 heteroatoms. The number of hydrogen-bond donors (Lipinski definition) is 1. The Bertz CT molecular complexity index is 813. The molecule has 0 spiro atoms. The highest BCUT2D eigenvalue weighted by atomic mass is 15.5. The summed E-state index contributed by atoms with van der Waals surface area (Å²) < 4.78 is 0. The maximum Gasteiger partial charge on any atom is 0.161 e. The molecule has 1 aromatic carbocycles. The van der Waals surface area contributed by atoms with Crippen molar-refractivity contribution in [1.82, 2.24) is 15.4 Å². The molecule has 0 fully saturated rings. The maximum atomic E-state index is 4.39. The van der Waals surface area contributed by atoms with Crippen molar-refractivity contribution in [3.63, 3.8) is 0 Å². The maximum absolute atomic E-state index is 4.39. The Morgan fingerprint density at radius 2 is 1.90 bits per heavy atom. The van der Waals surface area contributed by atoms with Gasteiger partial charge in [0.25, 0.3) is 0 Å². The van der Waals surface area contributed by atoms with Crippen LogP contribution in [0.5, 0.6) is 0 Å². The quantitative estimate of drug-likeness (QED) is 0.780. The van der Waals surface area contributed by atoms with Gasteiger partial charge in [0, 0.05) is 35.2 Å². The van der Waals surface area contributed by atoms with E-state index in [1.807, 2.05) is 30.5 Å². The average Bonchev–Trinajstić information content (AvgIpc) is 3.05. The first kappa shape index (κ1) is 11.8. The van der Waals surface area contributed by atoms with Crippen molar-refractivity contribution >= 4 is 22.4 Å². The standard InChI is InChI=1S/C16H13N5/c1-2-13-10-14(3-4-15(13)18-7-1)21-11-19-20-16(21)12-5-8-17-9-6-12/h1-10,19H,11H2. The third-order valence-corrected chi connectivity index (χ3v) is 3.51. The van der Waals surface area contributed by atoms with E-state index < -0.39 is 0 Å². The van der Waals surface area contributed by atoms with E-state index in [1.54, 1.807) is 12.4 Å². The van der Waals surface area contributed by atoms with Crippen molar-refractivity contribution in [2.24, 2.45) is 5.10 Å². The van der Waals surface area contributed by atoms with Crippen LogP contribution in [-0.4, -0.2) is 22.5 Å². The molecule has 0 aliphatic carbocycles. The highest BCUT2D eigenvalue weighted by Gasteiger charge is 2.20. The number of aromatic nitrogens is 2. The molecule has 0 amide bonds. The Morgan fingerprint density at radius 3 is 2.81 bits per heavy atom. The lowest BCUT2D eigenvalue weighted by Gasteiger charge is -2.19. The predicted molar refractivity (Wildman–Crippen MR) is 83.0 cm³/mol. The third-order valence-electron chi connectivity index (χ3n) is 3.51. The van der Waals surface area contributed by atoms with Crippen molar-refractivity contribution in [2.45, 2.75) is 0 Å². The van der Waals surface area contributed by atoms with Gasteiger partial charge in [-0.05, 0) is 36.4 Å². The third kappa shape index (κ3) is 2.08. The number of nitrogens with zero attached hydrogens (tertiary/aromatic N) is 4. The van der Waals surface area contributed by atoms with Crippen LogP contribution in [-0.2, 0) is 0 Å². The average molecular weight is 275 g/mol. The van der Waals surface area contributed by atoms with Crippen LogP contribution in [0, 0.1) is 0 Å². The minimum Gasteiger partial charge on any atom is -0.305 e. The number of fused-ring (bicyclic) bond motifs is 1. The van der Waals surface area contributed by atoms with E-state index in [0.717, 1.165) is 28.0 Å². The molecule has 21 heavy (non-hydrogen) atoms. The molecule has 0 saturated heterocycles. The lowest BCUT2D eigenvalue weighted by molar-refractivity contribution is 0.808. The van der Waals surface area contributed by atoms with Gasteiger partial charge in [-0.25, -0.2) is 0 Å². The zero-order valence-corrected chi connectivity index (χ0v) is 11.3. The molecule has 1 aliphatic heterocycles. The smallest absolute Gasteiger partial charge is 0.161 e. The Hall–Kier alpha value is -2.95. The van der Waals surface area contributed by atoms with E-state index in [1.165, 1.54) is 0 Å². The molecule has 4 rings (SSSR count). The Labute approximate surface area is 122 Å². The van der Waals surface area contributed by atoms with Gasteiger partial charge in [-0.1, -0.05) is 6.07 Å². The van der Waals surface area contributed by atoms with Crippen LogP contribution in [0.4, 0.5) is 5.69 Å². The van der Waals surface area contributed by atoms with E-state index >= 15 is 0 Å². The van der Waals surface area contributed by atoms with Gasteiger partial charge in [-0.3, -0.25) is 15.4 Å². The van der Waals surface area contributed by atoms with Crippen molar-refractivity contribution in [2.75, 3.05) is 11.6 Å². The van der Waals surface area contributed by atoms with Crippen LogP contribution in [0.15, 0.2) is 66.2 Å². The summed E-state index contributed by atoms with van der Waals surface area (Å²) in [5.41, 5.74) is 6.18. The molecule has 3 aromatic rings. The Balaban J connectivity index is 1.76. The Morgan fingerprint density at radius 1 is 1.00 bits per heavy atom. The van der Waals surface area contributed by atoms with E-state index in [4.69, 9.17) is 0 Å². The fraction of sp³-hybridized carbons (Fsp3) is 0.0625. The van der Waals surface area contributed by atoms with E-state index in [9.17, 15) is 0 Å². The highest BCUT2D eigenvalue weighted by Crippen LogP contribution is 2.23. The summed E-state index contributed by atoms with van der Waals surface area (Å²) in [6, 6.07) is 14.2. The fourth-order valence-corrected chi connectivity index (χ4v) is 2.48. The summed E-state index contributed by atoms with van der Waals surface area (Å²) in [5, 5.41) is 5.51. The summed E-state index contributed by atoms with van der Waals surface area (Å²) in [7, 11) is 0. The molecule has 0 atom stereocenters. The minimum atomic E-state index is 0.656. The van der Waals surface area contributed by atoms with Crippen molar-refractivity contribution in [1.29, 1.82) is 0 Å². The van der Waals surface area contributed by atoms with Crippen LogP contribution in [0.1, 0.15) is 5.56 Å². The normalized spacial score (nSPS) is 14.1. The summed E-state index contributed by atoms with van der Waals surface area (Å²) in [5.74, 6) is 0.903. The number of nitrogens with one attached hydrogen (secondary N) is 1. The summed E-state index contributed by atoms with van der Waals surface area (Å²) in [6.07, 6.45) is 5.36. The molecule has 0 radical (unpaired) electrons. The number of hydrogen-bond acceptors (Lipinski definition) is 5. The summed E-state index contributed by atoms with van der Waals surface area (Å²) in [4.78, 5) is 10.5. The van der Waals surface area contributed by atoms with Crippen molar-refractivity contribution in [3.05, 3.63) is 66.6 Å². The van der Waals surface area contributed by atoms with Gasteiger partial charge < -0.3 is 4.90 Å². The van der Waals surface area contributed by atoms with E-state index in [-0.39, 0.29) is 0 Å². The zero-order valence-electron chi connectivity index (χ0n) is 11.3. The molecule has 5 nitrogen and oxygen atoms in total. The number of hydrazone groups is 1. The topological polar surface area (TPSA) is 53.4 Å². The zero-order chi connectivity index (χ0) is 14.1. The highest BCUT2D eigenvalue weighted by molar-refractivity contribution is 6.11. The monoisotopic (exact) mass is 275 g/mol. The predicted octanol–water partition coefficient (Wildman–Crippen LogP) is 2.36. The van der Waals surface area contributed by atoms with Gasteiger partial charge in [-0.2, -0.15) is 5.10 Å². The summed E-state index contributed by atoms with van der Waals surface area (Å²) >= 11 is 0. The number of pyridine rings is 2. The molecule has 1 aliphatic rings. The first-order valence-corrected chi connectivity index (χ1v) is 6.75. The van der Waals surface area contributed by atoms with Crippen LogP contribution >= 0.6 is 0 Å². The van der Waals surface area contributed by atoms with Crippen molar-refractivity contribution in [3.8, 4) is 0 Å². The van der Waals surface area contributed by atoms with Crippen molar-refractivity contribution < 1.29 is 0 Å². The number of rotatable bonds is 2. The second-order valence-electron chi connectivity index (χ2n) is 4.80.